The highest BCUT2D eigenvalue weighted by Crippen LogP contribution is 2.33. The topological polar surface area (TPSA) is 46.5 Å². The average molecular weight is 366 g/mol. The van der Waals surface area contributed by atoms with E-state index in [1.54, 1.807) is 0 Å². The Labute approximate surface area is 117 Å². The van der Waals surface area contributed by atoms with Crippen molar-refractivity contribution in [3.8, 4) is 5.75 Å². The first-order chi connectivity index (χ1) is 7.95. The summed E-state index contributed by atoms with van der Waals surface area (Å²) in [6.07, 6.45) is 0.470. The van der Waals surface area contributed by atoms with E-state index in [0.717, 1.165) is 20.9 Å². The van der Waals surface area contributed by atoms with Crippen molar-refractivity contribution in [2.24, 2.45) is 0 Å². The second-order valence-electron chi connectivity index (χ2n) is 3.77. The van der Waals surface area contributed by atoms with Gasteiger partial charge in [0.1, 0.15) is 5.75 Å². The van der Waals surface area contributed by atoms with E-state index in [2.05, 4.69) is 31.9 Å². The number of benzene rings is 1. The smallest absolute Gasteiger partial charge is 0.344 e. The van der Waals surface area contributed by atoms with Crippen molar-refractivity contribution in [3.05, 3.63) is 26.6 Å². The minimum absolute atomic E-state index is 0.497. The highest BCUT2D eigenvalue weighted by molar-refractivity contribution is 9.11. The third-order valence-electron chi connectivity index (χ3n) is 2.28. The number of ether oxygens (including phenoxy) is 1. The molecular weight excluding hydrogens is 352 g/mol. The van der Waals surface area contributed by atoms with Gasteiger partial charge in [-0.2, -0.15) is 0 Å². The average Bonchev–Trinajstić information content (AvgIpc) is 2.21. The molecule has 0 aliphatic carbocycles. The van der Waals surface area contributed by atoms with Gasteiger partial charge in [0.25, 0.3) is 0 Å². The molecule has 0 aromatic heterocycles. The molecule has 0 spiro atoms. The lowest BCUT2D eigenvalue weighted by Crippen LogP contribution is -2.27. The standard InChI is InChI=1S/C12H14Br2O3/c1-3-4-10(12(15)16)17-11-7(2)5-8(13)6-9(11)14/h5-6,10H,3-4H2,1-2H3,(H,15,16). The lowest BCUT2D eigenvalue weighted by atomic mass is 10.2. The largest absolute Gasteiger partial charge is 0.479 e. The van der Waals surface area contributed by atoms with Crippen molar-refractivity contribution in [3.63, 3.8) is 0 Å². The van der Waals surface area contributed by atoms with Crippen molar-refractivity contribution in [1.29, 1.82) is 0 Å². The molecule has 0 saturated carbocycles. The minimum Gasteiger partial charge on any atom is -0.479 e. The predicted molar refractivity (Wildman–Crippen MR) is 73.5 cm³/mol. The van der Waals surface area contributed by atoms with Crippen molar-refractivity contribution < 1.29 is 14.6 Å². The summed E-state index contributed by atoms with van der Waals surface area (Å²) in [5.74, 6) is -0.338. The number of hydrogen-bond donors (Lipinski definition) is 1. The molecule has 1 aromatic carbocycles. The quantitative estimate of drug-likeness (QED) is 0.852. The van der Waals surface area contributed by atoms with Gasteiger partial charge in [-0.15, -0.1) is 0 Å². The van der Waals surface area contributed by atoms with Crippen LogP contribution in [0.5, 0.6) is 5.75 Å². The second kappa shape index (κ2) is 6.40. The SMILES string of the molecule is CCCC(Oc1c(C)cc(Br)cc1Br)C(=O)O. The number of carboxylic acids is 1. The Bertz CT molecular complexity index is 395. The minimum atomic E-state index is -0.930. The number of aliphatic carboxylic acids is 1. The Hall–Kier alpha value is -0.550. The number of carboxylic acid groups (broad SMARTS) is 1. The molecule has 5 heteroatoms. The fourth-order valence-electron chi connectivity index (χ4n) is 1.48. The third-order valence-corrected chi connectivity index (χ3v) is 3.33. The van der Waals surface area contributed by atoms with Gasteiger partial charge < -0.3 is 9.84 Å². The van der Waals surface area contributed by atoms with Crippen LogP contribution in [0, 0.1) is 6.92 Å². The van der Waals surface area contributed by atoms with E-state index in [0.29, 0.717) is 12.2 Å². The van der Waals surface area contributed by atoms with Crippen molar-refractivity contribution >= 4 is 37.8 Å². The molecule has 94 valence electrons. The van der Waals surface area contributed by atoms with Crippen molar-refractivity contribution in [1.82, 2.24) is 0 Å². The van der Waals surface area contributed by atoms with E-state index in [1.165, 1.54) is 0 Å². The van der Waals surface area contributed by atoms with E-state index >= 15 is 0 Å². The van der Waals surface area contributed by atoms with Gasteiger partial charge in [-0.25, -0.2) is 4.79 Å². The van der Waals surface area contributed by atoms with Gasteiger partial charge in [0.15, 0.2) is 6.10 Å². The summed E-state index contributed by atoms with van der Waals surface area (Å²) >= 11 is 6.75. The first-order valence-corrected chi connectivity index (χ1v) is 6.89. The zero-order chi connectivity index (χ0) is 13.0. The highest BCUT2D eigenvalue weighted by atomic mass is 79.9. The van der Waals surface area contributed by atoms with E-state index in [-0.39, 0.29) is 0 Å². The van der Waals surface area contributed by atoms with Crippen LogP contribution in [0.25, 0.3) is 0 Å². The molecule has 1 aromatic rings. The fraction of sp³-hybridized carbons (Fsp3) is 0.417. The summed E-state index contributed by atoms with van der Waals surface area (Å²) in [7, 11) is 0. The van der Waals surface area contributed by atoms with Crippen LogP contribution in [0.15, 0.2) is 21.1 Å². The molecule has 0 fully saturated rings. The number of carbonyl (C=O) groups is 1. The fourth-order valence-corrected chi connectivity index (χ4v) is 3.01. The van der Waals surface area contributed by atoms with E-state index in [9.17, 15) is 4.79 Å². The number of rotatable bonds is 5. The maximum Gasteiger partial charge on any atom is 0.344 e. The summed E-state index contributed by atoms with van der Waals surface area (Å²) in [5.41, 5.74) is 0.897. The van der Waals surface area contributed by atoms with Crippen LogP contribution >= 0.6 is 31.9 Å². The first-order valence-electron chi connectivity index (χ1n) is 5.30. The molecule has 1 atom stereocenters. The Morgan fingerprint density at radius 3 is 2.59 bits per heavy atom. The highest BCUT2D eigenvalue weighted by Gasteiger charge is 2.20. The molecule has 1 N–H and O–H groups in total. The Balaban J connectivity index is 2.97. The van der Waals surface area contributed by atoms with Gasteiger partial charge >= 0.3 is 5.97 Å². The van der Waals surface area contributed by atoms with Gasteiger partial charge in [-0.3, -0.25) is 0 Å². The van der Waals surface area contributed by atoms with Gasteiger partial charge in [-0.05, 0) is 47.0 Å². The van der Waals surface area contributed by atoms with Crippen LogP contribution in [0.3, 0.4) is 0 Å². The number of aryl methyl sites for hydroxylation is 1. The summed E-state index contributed by atoms with van der Waals surface area (Å²) in [6.45, 7) is 3.82. The Kier molecular flexibility index (Phi) is 5.46. The second-order valence-corrected chi connectivity index (χ2v) is 5.54. The van der Waals surface area contributed by atoms with E-state index in [4.69, 9.17) is 9.84 Å². The van der Waals surface area contributed by atoms with Crippen LogP contribution in [0.2, 0.25) is 0 Å². The van der Waals surface area contributed by atoms with E-state index < -0.39 is 12.1 Å². The summed E-state index contributed by atoms with van der Waals surface area (Å²) in [6, 6.07) is 3.73. The lowest BCUT2D eigenvalue weighted by Gasteiger charge is -2.17. The zero-order valence-electron chi connectivity index (χ0n) is 9.67. The molecule has 0 aliphatic rings. The van der Waals surface area contributed by atoms with Crippen molar-refractivity contribution in [2.45, 2.75) is 32.8 Å². The lowest BCUT2D eigenvalue weighted by molar-refractivity contribution is -0.145. The molecule has 17 heavy (non-hydrogen) atoms. The molecule has 0 aliphatic heterocycles. The number of hydrogen-bond acceptors (Lipinski definition) is 2. The van der Waals surface area contributed by atoms with Crippen LogP contribution < -0.4 is 4.74 Å². The summed E-state index contributed by atoms with van der Waals surface area (Å²) < 4.78 is 7.25. The molecule has 0 heterocycles. The Morgan fingerprint density at radius 2 is 2.12 bits per heavy atom. The maximum absolute atomic E-state index is 11.0. The molecule has 0 bridgehead atoms. The normalized spacial score (nSPS) is 12.2. The summed E-state index contributed by atoms with van der Waals surface area (Å²) in [4.78, 5) is 11.0. The van der Waals surface area contributed by atoms with Crippen molar-refractivity contribution in [2.75, 3.05) is 0 Å². The summed E-state index contributed by atoms with van der Waals surface area (Å²) in [5, 5.41) is 9.05. The Morgan fingerprint density at radius 1 is 1.47 bits per heavy atom. The van der Waals surface area contributed by atoms with Gasteiger partial charge in [0.2, 0.25) is 0 Å². The predicted octanol–water partition coefficient (Wildman–Crippen LogP) is 4.15. The molecule has 1 rings (SSSR count). The third kappa shape index (κ3) is 4.00. The number of halogens is 2. The molecule has 0 amide bonds. The van der Waals surface area contributed by atoms with Crippen LogP contribution in [-0.2, 0) is 4.79 Å². The maximum atomic E-state index is 11.0. The van der Waals surface area contributed by atoms with Gasteiger partial charge in [-0.1, -0.05) is 29.3 Å². The van der Waals surface area contributed by atoms with Gasteiger partial charge in [0, 0.05) is 4.47 Å². The van der Waals surface area contributed by atoms with Crippen LogP contribution in [-0.4, -0.2) is 17.2 Å². The molecular formula is C12H14Br2O3. The molecule has 0 radical (unpaired) electrons. The van der Waals surface area contributed by atoms with Crippen LogP contribution in [0.4, 0.5) is 0 Å². The zero-order valence-corrected chi connectivity index (χ0v) is 12.8. The molecule has 3 nitrogen and oxygen atoms in total. The van der Waals surface area contributed by atoms with E-state index in [1.807, 2.05) is 26.0 Å². The molecule has 0 saturated heterocycles. The van der Waals surface area contributed by atoms with Crippen LogP contribution in [0.1, 0.15) is 25.3 Å². The first kappa shape index (κ1) is 14.5. The molecule has 1 unspecified atom stereocenters. The monoisotopic (exact) mass is 364 g/mol. The van der Waals surface area contributed by atoms with Gasteiger partial charge in [0.05, 0.1) is 4.47 Å².